The van der Waals surface area contributed by atoms with Crippen LogP contribution in [0.2, 0.25) is 0 Å². The van der Waals surface area contributed by atoms with Crippen molar-refractivity contribution in [3.8, 4) is 0 Å². The highest BCUT2D eigenvalue weighted by molar-refractivity contribution is 7.53. The average Bonchev–Trinajstić information content (AvgIpc) is 2.34. The summed E-state index contributed by atoms with van der Waals surface area (Å²) < 4.78 is 31.5. The van der Waals surface area contributed by atoms with Gasteiger partial charge in [0.2, 0.25) is 0 Å². The third-order valence-corrected chi connectivity index (χ3v) is 4.02. The lowest BCUT2D eigenvalue weighted by molar-refractivity contribution is 0.0569. The highest BCUT2D eigenvalue weighted by atomic mass is 31.2. The van der Waals surface area contributed by atoms with E-state index in [-0.39, 0.29) is 6.61 Å². The molecule has 0 N–H and O–H groups in total. The minimum Gasteiger partial charge on any atom is -0.435 e. The lowest BCUT2D eigenvalue weighted by atomic mass is 10.3. The summed E-state index contributed by atoms with van der Waals surface area (Å²) in [6.07, 6.45) is 0.984. The summed E-state index contributed by atoms with van der Waals surface area (Å²) in [4.78, 5) is 10.8. The van der Waals surface area contributed by atoms with Crippen LogP contribution < -0.4 is 0 Å². The molecular formula is C11H23O6P. The monoisotopic (exact) mass is 282 g/mol. The molecule has 0 fully saturated rings. The Labute approximate surface area is 108 Å². The molecule has 0 spiro atoms. The Morgan fingerprint density at radius 3 is 2.17 bits per heavy atom. The fourth-order valence-electron chi connectivity index (χ4n) is 1.14. The topological polar surface area (TPSA) is 71.1 Å². The van der Waals surface area contributed by atoms with Gasteiger partial charge >= 0.3 is 13.8 Å². The molecule has 108 valence electrons. The van der Waals surface area contributed by atoms with Crippen molar-refractivity contribution in [2.75, 3.05) is 32.6 Å². The Morgan fingerprint density at radius 1 is 0.944 bits per heavy atom. The van der Waals surface area contributed by atoms with Crippen LogP contribution in [-0.2, 0) is 23.1 Å². The van der Waals surface area contributed by atoms with Crippen LogP contribution in [0.15, 0.2) is 0 Å². The van der Waals surface area contributed by atoms with Gasteiger partial charge in [0.05, 0.1) is 26.4 Å². The number of ether oxygens (including phenoxy) is 2. The van der Waals surface area contributed by atoms with Gasteiger partial charge in [-0.25, -0.2) is 4.79 Å². The van der Waals surface area contributed by atoms with Gasteiger partial charge in [-0.3, -0.25) is 4.57 Å². The molecule has 18 heavy (non-hydrogen) atoms. The summed E-state index contributed by atoms with van der Waals surface area (Å²) in [5.41, 5.74) is 0. The van der Waals surface area contributed by atoms with Gasteiger partial charge in [0.1, 0.15) is 0 Å². The van der Waals surface area contributed by atoms with Crippen molar-refractivity contribution in [2.45, 2.75) is 33.6 Å². The Bertz CT molecular complexity index is 268. The molecule has 0 saturated heterocycles. The first kappa shape index (κ1) is 17.4. The first-order chi connectivity index (χ1) is 8.58. The van der Waals surface area contributed by atoms with Crippen LogP contribution >= 0.6 is 7.60 Å². The van der Waals surface area contributed by atoms with E-state index in [0.29, 0.717) is 38.8 Å². The van der Waals surface area contributed by atoms with Gasteiger partial charge in [0.15, 0.2) is 0 Å². The standard InChI is InChI=1S/C11H23O6P/c1-4-14-11(12)15-9-7-8-10-17-18(13,6-3)16-5-2/h4-10H2,1-3H3. The Kier molecular flexibility index (Phi) is 10.0. The van der Waals surface area contributed by atoms with Gasteiger partial charge in [-0.2, -0.15) is 0 Å². The largest absolute Gasteiger partial charge is 0.508 e. The van der Waals surface area contributed by atoms with Gasteiger partial charge in [-0.1, -0.05) is 6.92 Å². The maximum atomic E-state index is 11.9. The van der Waals surface area contributed by atoms with Crippen LogP contribution in [0.1, 0.15) is 33.6 Å². The molecule has 0 aliphatic carbocycles. The van der Waals surface area contributed by atoms with Crippen LogP contribution in [0, 0.1) is 0 Å². The SMILES string of the molecule is CCOC(=O)OCCCCOP(=O)(CC)OCC. The summed E-state index contributed by atoms with van der Waals surface area (Å²) >= 11 is 0. The van der Waals surface area contributed by atoms with Crippen LogP contribution in [0.25, 0.3) is 0 Å². The highest BCUT2D eigenvalue weighted by Crippen LogP contribution is 2.47. The predicted octanol–water partition coefficient (Wildman–Crippen LogP) is 3.21. The zero-order valence-corrected chi connectivity index (χ0v) is 12.2. The van der Waals surface area contributed by atoms with Gasteiger partial charge < -0.3 is 18.5 Å². The Morgan fingerprint density at radius 2 is 1.61 bits per heavy atom. The number of carbonyl (C=O) groups excluding carboxylic acids is 1. The summed E-state index contributed by atoms with van der Waals surface area (Å²) in [5, 5.41) is 0. The van der Waals surface area contributed by atoms with Gasteiger partial charge in [0, 0.05) is 6.16 Å². The molecule has 6 nitrogen and oxygen atoms in total. The van der Waals surface area contributed by atoms with Crippen molar-refractivity contribution >= 4 is 13.8 Å². The van der Waals surface area contributed by atoms with E-state index in [4.69, 9.17) is 13.8 Å². The van der Waals surface area contributed by atoms with Crippen molar-refractivity contribution in [1.82, 2.24) is 0 Å². The first-order valence-corrected chi connectivity index (χ1v) is 7.98. The third kappa shape index (κ3) is 8.50. The van der Waals surface area contributed by atoms with Crippen LogP contribution in [0.4, 0.5) is 4.79 Å². The van der Waals surface area contributed by atoms with Crippen LogP contribution in [0.5, 0.6) is 0 Å². The van der Waals surface area contributed by atoms with E-state index >= 15 is 0 Å². The summed E-state index contributed by atoms with van der Waals surface area (Å²) in [7, 11) is -2.91. The number of carbonyl (C=O) groups is 1. The fourth-order valence-corrected chi connectivity index (χ4v) is 2.38. The average molecular weight is 282 g/mol. The summed E-state index contributed by atoms with van der Waals surface area (Å²) in [6.45, 7) is 6.53. The lowest BCUT2D eigenvalue weighted by Gasteiger charge is -2.15. The Hall–Kier alpha value is -0.580. The number of rotatable bonds is 10. The Balaban J connectivity index is 3.55. The summed E-state index contributed by atoms with van der Waals surface area (Å²) in [6, 6.07) is 0. The van der Waals surface area contributed by atoms with E-state index in [1.165, 1.54) is 0 Å². The minimum atomic E-state index is -2.91. The van der Waals surface area contributed by atoms with Crippen molar-refractivity contribution in [3.63, 3.8) is 0 Å². The molecule has 0 heterocycles. The van der Waals surface area contributed by atoms with E-state index in [2.05, 4.69) is 4.74 Å². The molecule has 0 aromatic heterocycles. The molecule has 0 aromatic rings. The highest BCUT2D eigenvalue weighted by Gasteiger charge is 2.20. The molecule has 0 aliphatic heterocycles. The molecule has 0 rings (SSSR count). The molecule has 0 aliphatic rings. The van der Waals surface area contributed by atoms with E-state index in [1.54, 1.807) is 20.8 Å². The zero-order valence-electron chi connectivity index (χ0n) is 11.3. The maximum absolute atomic E-state index is 11.9. The lowest BCUT2D eigenvalue weighted by Crippen LogP contribution is -2.08. The molecule has 0 radical (unpaired) electrons. The van der Waals surface area contributed by atoms with E-state index in [1.807, 2.05) is 0 Å². The van der Waals surface area contributed by atoms with Crippen molar-refractivity contribution in [3.05, 3.63) is 0 Å². The van der Waals surface area contributed by atoms with E-state index in [9.17, 15) is 9.36 Å². The second kappa shape index (κ2) is 10.4. The molecule has 0 saturated carbocycles. The van der Waals surface area contributed by atoms with E-state index in [0.717, 1.165) is 0 Å². The van der Waals surface area contributed by atoms with Gasteiger partial charge in [-0.15, -0.1) is 0 Å². The fraction of sp³-hybridized carbons (Fsp3) is 0.909. The smallest absolute Gasteiger partial charge is 0.435 e. The molecule has 1 atom stereocenters. The van der Waals surface area contributed by atoms with E-state index < -0.39 is 13.8 Å². The second-order valence-corrected chi connectivity index (χ2v) is 5.79. The van der Waals surface area contributed by atoms with Gasteiger partial charge in [0.25, 0.3) is 0 Å². The van der Waals surface area contributed by atoms with Crippen molar-refractivity contribution in [2.24, 2.45) is 0 Å². The molecule has 0 amide bonds. The number of hydrogen-bond acceptors (Lipinski definition) is 6. The molecular weight excluding hydrogens is 259 g/mol. The van der Waals surface area contributed by atoms with Crippen LogP contribution in [-0.4, -0.2) is 38.7 Å². The molecule has 7 heteroatoms. The summed E-state index contributed by atoms with van der Waals surface area (Å²) in [5.74, 6) is 0. The third-order valence-electron chi connectivity index (χ3n) is 2.02. The predicted molar refractivity (Wildman–Crippen MR) is 67.9 cm³/mol. The first-order valence-electron chi connectivity index (χ1n) is 6.25. The zero-order chi connectivity index (χ0) is 13.9. The normalized spacial score (nSPS) is 13.9. The van der Waals surface area contributed by atoms with Crippen molar-refractivity contribution < 1.29 is 27.9 Å². The molecule has 0 aromatic carbocycles. The molecule has 0 bridgehead atoms. The molecule has 1 unspecified atom stereocenters. The quantitative estimate of drug-likeness (QED) is 0.348. The number of unbranched alkanes of at least 4 members (excludes halogenated alkanes) is 1. The van der Waals surface area contributed by atoms with Crippen LogP contribution in [0.3, 0.4) is 0 Å². The van der Waals surface area contributed by atoms with Gasteiger partial charge in [-0.05, 0) is 26.7 Å². The maximum Gasteiger partial charge on any atom is 0.508 e. The minimum absolute atomic E-state index is 0.271. The second-order valence-electron chi connectivity index (χ2n) is 3.42. The number of hydrogen-bond donors (Lipinski definition) is 0. The van der Waals surface area contributed by atoms with Crippen molar-refractivity contribution in [1.29, 1.82) is 0 Å².